The average Bonchev–Trinajstić information content (AvgIpc) is 2.91. The molecule has 1 aliphatic rings. The van der Waals surface area contributed by atoms with Gasteiger partial charge < -0.3 is 9.47 Å². The maximum Gasteiger partial charge on any atom is 0.308 e. The third-order valence-corrected chi connectivity index (χ3v) is 4.09. The molecule has 0 fully saturated rings. The Morgan fingerprint density at radius 1 is 1.07 bits per heavy atom. The summed E-state index contributed by atoms with van der Waals surface area (Å²) >= 11 is 0. The number of rotatable bonds is 4. The van der Waals surface area contributed by atoms with Crippen LogP contribution in [0.3, 0.4) is 0 Å². The number of aryl methyl sites for hydroxylation is 1. The number of ether oxygens (including phenoxy) is 2. The monoisotopic (exact) mass is 364 g/mol. The van der Waals surface area contributed by atoms with Gasteiger partial charge in [0.15, 0.2) is 11.5 Å². The molecule has 0 aromatic heterocycles. The molecule has 0 aliphatic carbocycles. The second-order valence-corrected chi connectivity index (χ2v) is 6.20. The zero-order chi connectivity index (χ0) is 19.6. The van der Waals surface area contributed by atoms with E-state index in [1.54, 1.807) is 31.2 Å². The van der Waals surface area contributed by atoms with Gasteiger partial charge in [0.05, 0.1) is 24.1 Å². The molecule has 0 N–H and O–H groups in total. The summed E-state index contributed by atoms with van der Waals surface area (Å²) in [4.78, 5) is 24.0. The summed E-state index contributed by atoms with van der Waals surface area (Å²) in [5, 5.41) is 5.77. The van der Waals surface area contributed by atoms with Crippen molar-refractivity contribution in [2.45, 2.75) is 20.8 Å². The molecule has 6 heteroatoms. The smallest absolute Gasteiger partial charge is 0.308 e. The first-order valence-electron chi connectivity index (χ1n) is 8.44. The maximum absolute atomic E-state index is 12.8. The van der Waals surface area contributed by atoms with Crippen LogP contribution in [0.15, 0.2) is 53.1 Å². The Hall–Kier alpha value is -3.41. The van der Waals surface area contributed by atoms with Gasteiger partial charge in [0.2, 0.25) is 0 Å². The van der Waals surface area contributed by atoms with Crippen molar-refractivity contribution >= 4 is 29.4 Å². The van der Waals surface area contributed by atoms with E-state index < -0.39 is 5.97 Å². The second kappa shape index (κ2) is 7.45. The fraction of sp³-hybridized carbons (Fsp3) is 0.190. The van der Waals surface area contributed by atoms with Crippen molar-refractivity contribution < 1.29 is 19.1 Å². The van der Waals surface area contributed by atoms with E-state index >= 15 is 0 Å². The molecular weight excluding hydrogens is 344 g/mol. The molecule has 1 aliphatic heterocycles. The van der Waals surface area contributed by atoms with E-state index in [0.29, 0.717) is 22.8 Å². The zero-order valence-electron chi connectivity index (χ0n) is 15.6. The van der Waals surface area contributed by atoms with Crippen LogP contribution in [0.2, 0.25) is 0 Å². The van der Waals surface area contributed by atoms with E-state index in [1.807, 2.05) is 31.2 Å². The van der Waals surface area contributed by atoms with Gasteiger partial charge in [0, 0.05) is 6.92 Å². The lowest BCUT2D eigenvalue weighted by Gasteiger charge is -2.12. The van der Waals surface area contributed by atoms with Crippen LogP contribution in [-0.4, -0.2) is 24.7 Å². The molecule has 138 valence electrons. The Labute approximate surface area is 157 Å². The standard InChI is InChI=1S/C21H20N2O4/c1-13-5-8-17(9-6-13)23-21(25)18(14(2)22-23)11-16-7-10-19(27-15(3)24)20(12-16)26-4/h5-12H,1-4H3/b18-11+. The SMILES string of the molecule is COc1cc(/C=C2/C(=O)N(c3ccc(C)cc3)N=C2C)ccc1OC(C)=O. The van der Waals surface area contributed by atoms with Crippen molar-refractivity contribution in [1.29, 1.82) is 0 Å². The first kappa shape index (κ1) is 18.4. The lowest BCUT2D eigenvalue weighted by Crippen LogP contribution is -2.21. The molecule has 3 rings (SSSR count). The minimum Gasteiger partial charge on any atom is -0.493 e. The Bertz CT molecular complexity index is 959. The van der Waals surface area contributed by atoms with Crippen LogP contribution < -0.4 is 14.5 Å². The van der Waals surface area contributed by atoms with Crippen molar-refractivity contribution in [3.63, 3.8) is 0 Å². The van der Waals surface area contributed by atoms with Gasteiger partial charge in [-0.3, -0.25) is 9.59 Å². The molecule has 0 unspecified atom stereocenters. The minimum atomic E-state index is -0.429. The molecule has 1 amide bonds. The van der Waals surface area contributed by atoms with Gasteiger partial charge in [0.25, 0.3) is 5.91 Å². The number of hydrogen-bond acceptors (Lipinski definition) is 5. The van der Waals surface area contributed by atoms with Gasteiger partial charge in [-0.25, -0.2) is 0 Å². The Morgan fingerprint density at radius 2 is 1.78 bits per heavy atom. The van der Waals surface area contributed by atoms with Gasteiger partial charge in [0.1, 0.15) is 0 Å². The summed E-state index contributed by atoms with van der Waals surface area (Å²) in [6, 6.07) is 12.7. The number of esters is 1. The molecule has 0 saturated carbocycles. The highest BCUT2D eigenvalue weighted by Crippen LogP contribution is 2.30. The predicted octanol–water partition coefficient (Wildman–Crippen LogP) is 3.74. The van der Waals surface area contributed by atoms with Crippen LogP contribution in [-0.2, 0) is 9.59 Å². The molecule has 2 aromatic rings. The number of benzene rings is 2. The maximum atomic E-state index is 12.8. The molecule has 0 saturated heterocycles. The number of nitrogens with zero attached hydrogens (tertiary/aromatic N) is 2. The summed E-state index contributed by atoms with van der Waals surface area (Å²) in [7, 11) is 1.49. The fourth-order valence-corrected chi connectivity index (χ4v) is 2.73. The lowest BCUT2D eigenvalue weighted by atomic mass is 10.1. The summed E-state index contributed by atoms with van der Waals surface area (Å²) in [5.41, 5.74) is 3.70. The third kappa shape index (κ3) is 3.89. The average molecular weight is 364 g/mol. The first-order chi connectivity index (χ1) is 12.9. The second-order valence-electron chi connectivity index (χ2n) is 6.20. The van der Waals surface area contributed by atoms with Crippen molar-refractivity contribution in [2.75, 3.05) is 12.1 Å². The van der Waals surface area contributed by atoms with Gasteiger partial charge in [-0.05, 0) is 49.8 Å². The number of methoxy groups -OCH3 is 1. The summed E-state index contributed by atoms with van der Waals surface area (Å²) < 4.78 is 10.4. The summed E-state index contributed by atoms with van der Waals surface area (Å²) in [5.74, 6) is 0.119. The van der Waals surface area contributed by atoms with Crippen LogP contribution in [0.25, 0.3) is 6.08 Å². The van der Waals surface area contributed by atoms with Crippen molar-refractivity contribution in [2.24, 2.45) is 5.10 Å². The van der Waals surface area contributed by atoms with Crippen LogP contribution >= 0.6 is 0 Å². The Kier molecular flexibility index (Phi) is 5.07. The largest absolute Gasteiger partial charge is 0.493 e. The van der Waals surface area contributed by atoms with E-state index in [1.165, 1.54) is 19.0 Å². The number of hydrogen-bond donors (Lipinski definition) is 0. The quantitative estimate of drug-likeness (QED) is 0.471. The Balaban J connectivity index is 1.91. The molecule has 0 atom stereocenters. The van der Waals surface area contributed by atoms with E-state index in [4.69, 9.17) is 9.47 Å². The molecule has 2 aromatic carbocycles. The van der Waals surface area contributed by atoms with Gasteiger partial charge in [-0.2, -0.15) is 10.1 Å². The van der Waals surface area contributed by atoms with Crippen LogP contribution in [0.1, 0.15) is 25.0 Å². The predicted molar refractivity (Wildman–Crippen MR) is 104 cm³/mol. The Morgan fingerprint density at radius 3 is 2.41 bits per heavy atom. The highest BCUT2D eigenvalue weighted by molar-refractivity contribution is 6.32. The number of anilines is 1. The van der Waals surface area contributed by atoms with Gasteiger partial charge in [-0.1, -0.05) is 23.8 Å². The molecule has 0 bridgehead atoms. The number of carbonyl (C=O) groups excluding carboxylic acids is 2. The minimum absolute atomic E-state index is 0.195. The zero-order valence-corrected chi connectivity index (χ0v) is 15.6. The number of carbonyl (C=O) groups is 2. The van der Waals surface area contributed by atoms with Crippen molar-refractivity contribution in [3.8, 4) is 11.5 Å². The van der Waals surface area contributed by atoms with E-state index in [-0.39, 0.29) is 5.91 Å². The summed E-state index contributed by atoms with van der Waals surface area (Å²) in [6.07, 6.45) is 1.75. The first-order valence-corrected chi connectivity index (χ1v) is 8.44. The third-order valence-electron chi connectivity index (χ3n) is 4.09. The van der Waals surface area contributed by atoms with Crippen LogP contribution in [0.5, 0.6) is 11.5 Å². The molecule has 1 heterocycles. The lowest BCUT2D eigenvalue weighted by molar-refractivity contribution is -0.132. The molecule has 0 radical (unpaired) electrons. The van der Waals surface area contributed by atoms with Gasteiger partial charge in [-0.15, -0.1) is 0 Å². The normalized spacial score (nSPS) is 15.1. The number of amides is 1. The van der Waals surface area contributed by atoms with E-state index in [0.717, 1.165) is 16.8 Å². The highest BCUT2D eigenvalue weighted by Gasteiger charge is 2.28. The van der Waals surface area contributed by atoms with Crippen LogP contribution in [0, 0.1) is 6.92 Å². The van der Waals surface area contributed by atoms with Gasteiger partial charge >= 0.3 is 5.97 Å². The van der Waals surface area contributed by atoms with E-state index in [2.05, 4.69) is 5.10 Å². The van der Waals surface area contributed by atoms with Crippen LogP contribution in [0.4, 0.5) is 5.69 Å². The fourth-order valence-electron chi connectivity index (χ4n) is 2.73. The van der Waals surface area contributed by atoms with E-state index in [9.17, 15) is 9.59 Å². The van der Waals surface area contributed by atoms with Crippen molar-refractivity contribution in [1.82, 2.24) is 0 Å². The van der Waals surface area contributed by atoms with Crippen molar-refractivity contribution in [3.05, 3.63) is 59.2 Å². The molecule has 0 spiro atoms. The molecular formula is C21H20N2O4. The topological polar surface area (TPSA) is 68.2 Å². The molecule has 27 heavy (non-hydrogen) atoms. The highest BCUT2D eigenvalue weighted by atomic mass is 16.6. The molecule has 6 nitrogen and oxygen atoms in total. The number of hydrazone groups is 1. The summed E-state index contributed by atoms with van der Waals surface area (Å²) in [6.45, 7) is 5.11.